The third kappa shape index (κ3) is 7.97. The van der Waals surface area contributed by atoms with Crippen LogP contribution in [-0.4, -0.2) is 65.3 Å². The summed E-state index contributed by atoms with van der Waals surface area (Å²) in [6, 6.07) is 7.96. The molecule has 1 aliphatic carbocycles. The summed E-state index contributed by atoms with van der Waals surface area (Å²) in [4.78, 5) is 17.9. The lowest BCUT2D eigenvalue weighted by molar-refractivity contribution is -0.130. The smallest absolute Gasteiger partial charge is 0.259 e. The molecule has 0 aliphatic heterocycles. The predicted octanol–water partition coefficient (Wildman–Crippen LogP) is 2.29. The van der Waals surface area contributed by atoms with Gasteiger partial charge in [-0.3, -0.25) is 9.00 Å². The van der Waals surface area contributed by atoms with Crippen molar-refractivity contribution in [3.05, 3.63) is 29.8 Å². The molecule has 0 bridgehead atoms. The van der Waals surface area contributed by atoms with Gasteiger partial charge in [-0.25, -0.2) is 4.99 Å². The minimum Gasteiger partial charge on any atom is -0.484 e. The van der Waals surface area contributed by atoms with E-state index in [1.165, 1.54) is 4.90 Å². The van der Waals surface area contributed by atoms with Crippen molar-refractivity contribution in [2.75, 3.05) is 33.0 Å². The zero-order chi connectivity index (χ0) is 21.9. The lowest BCUT2D eigenvalue weighted by Crippen LogP contribution is -2.46. The highest BCUT2D eigenvalue weighted by atomic mass is 32.2. The number of rotatable bonds is 9. The van der Waals surface area contributed by atoms with Crippen molar-refractivity contribution in [1.82, 2.24) is 15.5 Å². The number of hydrogen-bond donors (Lipinski definition) is 2. The van der Waals surface area contributed by atoms with Crippen LogP contribution in [0.5, 0.6) is 5.75 Å². The molecular formula is C22H36N4O3S. The molecule has 8 heteroatoms. The van der Waals surface area contributed by atoms with Crippen LogP contribution in [0.1, 0.15) is 45.1 Å². The average molecular weight is 437 g/mol. The average Bonchev–Trinajstić information content (AvgIpc) is 2.75. The van der Waals surface area contributed by atoms with Crippen molar-refractivity contribution in [3.63, 3.8) is 0 Å². The standard InChI is InChI=1S/C22H36N4O3S/c1-5-23-22(25-18-10-8-12-20(14-18)30(28)6-2)24-15-17-9-7-11-19(13-17)29-16-21(27)26(3)4/h7,9,11,13,18,20H,5-6,8,10,12,14-16H2,1-4H3,(H2,23,24,25). The van der Waals surface area contributed by atoms with Crippen molar-refractivity contribution in [2.45, 2.75) is 57.4 Å². The number of carbonyl (C=O) groups is 1. The Morgan fingerprint density at radius 1 is 1.30 bits per heavy atom. The highest BCUT2D eigenvalue weighted by molar-refractivity contribution is 7.85. The molecule has 3 unspecified atom stereocenters. The Morgan fingerprint density at radius 2 is 2.10 bits per heavy atom. The number of aliphatic imine (C=N–C) groups is 1. The van der Waals surface area contributed by atoms with Crippen LogP contribution in [0.3, 0.4) is 0 Å². The van der Waals surface area contributed by atoms with Gasteiger partial charge in [0.25, 0.3) is 5.91 Å². The van der Waals surface area contributed by atoms with Crippen molar-refractivity contribution in [2.24, 2.45) is 4.99 Å². The van der Waals surface area contributed by atoms with E-state index in [0.29, 0.717) is 18.3 Å². The first kappa shape index (κ1) is 24.2. The van der Waals surface area contributed by atoms with Gasteiger partial charge in [-0.2, -0.15) is 0 Å². The van der Waals surface area contributed by atoms with E-state index in [9.17, 15) is 9.00 Å². The summed E-state index contributed by atoms with van der Waals surface area (Å²) in [5, 5.41) is 7.11. The van der Waals surface area contributed by atoms with Crippen molar-refractivity contribution in [3.8, 4) is 5.75 Å². The van der Waals surface area contributed by atoms with E-state index in [-0.39, 0.29) is 17.8 Å². The van der Waals surface area contributed by atoms with Gasteiger partial charge in [0.15, 0.2) is 12.6 Å². The molecule has 1 aliphatic rings. The maximum absolute atomic E-state index is 12.2. The molecule has 0 spiro atoms. The number of likely N-dealkylation sites (N-methyl/N-ethyl adjacent to an activating group) is 1. The lowest BCUT2D eigenvalue weighted by atomic mass is 9.95. The van der Waals surface area contributed by atoms with E-state index in [1.54, 1.807) is 14.1 Å². The Balaban J connectivity index is 1.96. The Labute approximate surface area is 183 Å². The fourth-order valence-electron chi connectivity index (χ4n) is 3.44. The van der Waals surface area contributed by atoms with Crippen LogP contribution in [0, 0.1) is 0 Å². The zero-order valence-electron chi connectivity index (χ0n) is 18.6. The van der Waals surface area contributed by atoms with E-state index >= 15 is 0 Å². The van der Waals surface area contributed by atoms with E-state index in [0.717, 1.165) is 49.5 Å². The SMILES string of the molecule is CCNC(=NCc1cccc(OCC(=O)N(C)C)c1)NC1CCCC(S(=O)CC)C1. The van der Waals surface area contributed by atoms with Gasteiger partial charge in [-0.1, -0.05) is 25.5 Å². The van der Waals surface area contributed by atoms with Crippen LogP contribution in [0.2, 0.25) is 0 Å². The lowest BCUT2D eigenvalue weighted by Gasteiger charge is -2.30. The first-order chi connectivity index (χ1) is 14.4. The summed E-state index contributed by atoms with van der Waals surface area (Å²) in [5.41, 5.74) is 1.01. The van der Waals surface area contributed by atoms with Gasteiger partial charge in [-0.05, 0) is 43.9 Å². The first-order valence-electron chi connectivity index (χ1n) is 10.8. The van der Waals surface area contributed by atoms with Gasteiger partial charge in [0, 0.05) is 48.5 Å². The number of guanidine groups is 1. The normalized spacial score (nSPS) is 20.3. The molecule has 2 N–H and O–H groups in total. The fraction of sp³-hybridized carbons (Fsp3) is 0.636. The minimum absolute atomic E-state index is 0.0197. The number of benzene rings is 1. The van der Waals surface area contributed by atoms with E-state index in [1.807, 2.05) is 38.1 Å². The monoisotopic (exact) mass is 436 g/mol. The van der Waals surface area contributed by atoms with E-state index in [4.69, 9.17) is 9.73 Å². The number of hydrogen-bond acceptors (Lipinski definition) is 4. The van der Waals surface area contributed by atoms with Crippen molar-refractivity contribution < 1.29 is 13.7 Å². The number of amides is 1. The Bertz CT molecular complexity index is 739. The van der Waals surface area contributed by atoms with Crippen molar-refractivity contribution in [1.29, 1.82) is 0 Å². The third-order valence-electron chi connectivity index (χ3n) is 5.15. The molecule has 1 amide bonds. The zero-order valence-corrected chi connectivity index (χ0v) is 19.5. The molecule has 0 saturated heterocycles. The molecule has 1 aromatic rings. The highest BCUT2D eigenvalue weighted by Crippen LogP contribution is 2.23. The molecule has 3 atom stereocenters. The third-order valence-corrected chi connectivity index (χ3v) is 6.89. The molecular weight excluding hydrogens is 400 g/mol. The van der Waals surface area contributed by atoms with Crippen LogP contribution in [0.4, 0.5) is 0 Å². The van der Waals surface area contributed by atoms with Crippen LogP contribution in [0.25, 0.3) is 0 Å². The van der Waals surface area contributed by atoms with Crippen LogP contribution in [0.15, 0.2) is 29.3 Å². The number of nitrogens with one attached hydrogen (secondary N) is 2. The molecule has 0 heterocycles. The van der Waals surface area contributed by atoms with Gasteiger partial charge in [0.2, 0.25) is 0 Å². The maximum Gasteiger partial charge on any atom is 0.259 e. The van der Waals surface area contributed by atoms with Gasteiger partial charge in [-0.15, -0.1) is 0 Å². The molecule has 168 valence electrons. The van der Waals surface area contributed by atoms with E-state index in [2.05, 4.69) is 10.6 Å². The largest absolute Gasteiger partial charge is 0.484 e. The van der Waals surface area contributed by atoms with Gasteiger partial charge >= 0.3 is 0 Å². The van der Waals surface area contributed by atoms with Crippen LogP contribution in [-0.2, 0) is 22.1 Å². The summed E-state index contributed by atoms with van der Waals surface area (Å²) < 4.78 is 17.8. The summed E-state index contributed by atoms with van der Waals surface area (Å²) in [7, 11) is 2.68. The fourth-order valence-corrected chi connectivity index (χ4v) is 4.79. The molecule has 1 aromatic carbocycles. The number of nitrogens with zero attached hydrogens (tertiary/aromatic N) is 2. The summed E-state index contributed by atoms with van der Waals surface area (Å²) >= 11 is 0. The summed E-state index contributed by atoms with van der Waals surface area (Å²) in [6.45, 7) is 5.34. The Morgan fingerprint density at radius 3 is 2.80 bits per heavy atom. The van der Waals surface area contributed by atoms with Gasteiger partial charge in [0.1, 0.15) is 5.75 Å². The number of carbonyl (C=O) groups excluding carboxylic acids is 1. The highest BCUT2D eigenvalue weighted by Gasteiger charge is 2.26. The second kappa shape index (κ2) is 12.6. The Hall–Kier alpha value is -2.09. The molecule has 0 radical (unpaired) electrons. The quantitative estimate of drug-likeness (QED) is 0.458. The van der Waals surface area contributed by atoms with Crippen LogP contribution >= 0.6 is 0 Å². The summed E-state index contributed by atoms with van der Waals surface area (Å²) in [6.07, 6.45) is 4.15. The molecule has 30 heavy (non-hydrogen) atoms. The van der Waals surface area contributed by atoms with Gasteiger partial charge < -0.3 is 20.3 Å². The minimum atomic E-state index is -0.739. The van der Waals surface area contributed by atoms with Crippen molar-refractivity contribution >= 4 is 22.7 Å². The maximum atomic E-state index is 12.2. The van der Waals surface area contributed by atoms with Gasteiger partial charge in [0.05, 0.1) is 6.54 Å². The summed E-state index contributed by atoms with van der Waals surface area (Å²) in [5.74, 6) is 2.09. The molecule has 1 fully saturated rings. The molecule has 1 saturated carbocycles. The predicted molar refractivity (Wildman–Crippen MR) is 123 cm³/mol. The van der Waals surface area contributed by atoms with Crippen LogP contribution < -0.4 is 15.4 Å². The molecule has 0 aromatic heterocycles. The molecule has 7 nitrogen and oxygen atoms in total. The van der Waals surface area contributed by atoms with E-state index < -0.39 is 10.8 Å². The first-order valence-corrected chi connectivity index (χ1v) is 12.1. The molecule has 2 rings (SSSR count). The second-order valence-corrected chi connectivity index (χ2v) is 9.72. The second-order valence-electron chi connectivity index (χ2n) is 7.72. The topological polar surface area (TPSA) is 83.0 Å². The Kier molecular flexibility index (Phi) is 10.1. The number of ether oxygens (including phenoxy) is 1.